The Labute approximate surface area is 163 Å². The zero-order valence-electron chi connectivity index (χ0n) is 15.4. The van der Waals surface area contributed by atoms with Crippen LogP contribution in [0.15, 0.2) is 60.7 Å². The van der Waals surface area contributed by atoms with Gasteiger partial charge in [-0.3, -0.25) is 0 Å². The van der Waals surface area contributed by atoms with Crippen LogP contribution < -0.4 is 0 Å². The molecule has 0 N–H and O–H groups in total. The van der Waals surface area contributed by atoms with E-state index in [1.165, 1.54) is 24.0 Å². The number of hydrogen-bond acceptors (Lipinski definition) is 0. The Bertz CT molecular complexity index is 843. The monoisotopic (exact) mass is 404 g/mol. The summed E-state index contributed by atoms with van der Waals surface area (Å²) in [6.45, 7) is 7.00. The van der Waals surface area contributed by atoms with Crippen molar-refractivity contribution in [2.24, 2.45) is 5.92 Å². The van der Waals surface area contributed by atoms with Crippen LogP contribution in [0.4, 0.5) is 0 Å². The summed E-state index contributed by atoms with van der Waals surface area (Å²) >= 11 is -0.652. The number of rotatable bonds is 5. The molecule has 0 saturated carbocycles. The Hall–Kier alpha value is -1.20. The van der Waals surface area contributed by atoms with Crippen molar-refractivity contribution in [2.45, 2.75) is 40.9 Å². The summed E-state index contributed by atoms with van der Waals surface area (Å²) in [4.78, 5) is 0. The van der Waals surface area contributed by atoms with Gasteiger partial charge in [0.2, 0.25) is 0 Å². The quantitative estimate of drug-likeness (QED) is 0.513. The van der Waals surface area contributed by atoms with Gasteiger partial charge in [0.15, 0.2) is 0 Å². The molecule has 0 saturated heterocycles. The van der Waals surface area contributed by atoms with Crippen LogP contribution >= 0.6 is 0 Å². The molecule has 2 aromatic rings. The first kappa shape index (κ1) is 17.2. The first-order chi connectivity index (χ1) is 12.2. The van der Waals surface area contributed by atoms with E-state index in [0.717, 1.165) is 3.63 Å². The number of benzene rings is 2. The molecule has 2 aliphatic carbocycles. The minimum absolute atomic E-state index is 0.652. The summed E-state index contributed by atoms with van der Waals surface area (Å²) in [5.41, 5.74) is 9.34. The maximum atomic E-state index is 2.65. The second kappa shape index (κ2) is 7.20. The van der Waals surface area contributed by atoms with Gasteiger partial charge in [0, 0.05) is 0 Å². The van der Waals surface area contributed by atoms with Crippen molar-refractivity contribution in [2.75, 3.05) is 0 Å². The van der Waals surface area contributed by atoms with E-state index in [2.05, 4.69) is 81.5 Å². The molecule has 0 bridgehead atoms. The first-order valence-corrected chi connectivity index (χ1v) is 12.4. The van der Waals surface area contributed by atoms with Crippen LogP contribution in [0.5, 0.6) is 0 Å². The molecule has 0 heterocycles. The van der Waals surface area contributed by atoms with E-state index >= 15 is 0 Å². The SMILES string of the molecule is CCCC(C)C1=C[CH]([Zr][CH]2C=C(C)c3ccccc32)c2ccccc21. The van der Waals surface area contributed by atoms with Gasteiger partial charge in [-0.15, -0.1) is 0 Å². The molecule has 3 unspecified atom stereocenters. The van der Waals surface area contributed by atoms with E-state index in [9.17, 15) is 0 Å². The van der Waals surface area contributed by atoms with Crippen LogP contribution in [0, 0.1) is 5.92 Å². The number of fused-ring (bicyclic) bond motifs is 2. The second-order valence-corrected chi connectivity index (χ2v) is 11.3. The van der Waals surface area contributed by atoms with Crippen molar-refractivity contribution in [3.8, 4) is 0 Å². The summed E-state index contributed by atoms with van der Waals surface area (Å²) in [5.74, 6) is 0.684. The van der Waals surface area contributed by atoms with Gasteiger partial charge in [0.25, 0.3) is 0 Å². The van der Waals surface area contributed by atoms with Crippen LogP contribution in [0.2, 0.25) is 0 Å². The summed E-state index contributed by atoms with van der Waals surface area (Å²) in [5, 5.41) is 0. The molecule has 2 aromatic carbocycles. The molecule has 25 heavy (non-hydrogen) atoms. The minimum atomic E-state index is -0.652. The van der Waals surface area contributed by atoms with Crippen LogP contribution in [-0.4, -0.2) is 0 Å². The molecule has 126 valence electrons. The van der Waals surface area contributed by atoms with E-state index in [4.69, 9.17) is 0 Å². The Balaban J connectivity index is 1.65. The Morgan fingerprint density at radius 2 is 1.48 bits per heavy atom. The first-order valence-electron chi connectivity index (χ1n) is 9.53. The Kier molecular flexibility index (Phi) is 4.96. The molecule has 0 aromatic heterocycles. The van der Waals surface area contributed by atoms with Gasteiger partial charge in [0.05, 0.1) is 0 Å². The van der Waals surface area contributed by atoms with Crippen molar-refractivity contribution in [1.82, 2.24) is 0 Å². The summed E-state index contributed by atoms with van der Waals surface area (Å²) < 4.78 is 1.43. The van der Waals surface area contributed by atoms with E-state index in [0.29, 0.717) is 9.54 Å². The Morgan fingerprint density at radius 3 is 2.20 bits per heavy atom. The van der Waals surface area contributed by atoms with Gasteiger partial charge < -0.3 is 0 Å². The van der Waals surface area contributed by atoms with Gasteiger partial charge >= 0.3 is 164 Å². The van der Waals surface area contributed by atoms with Crippen molar-refractivity contribution in [3.05, 3.63) is 82.9 Å². The molecule has 3 atom stereocenters. The molecule has 1 heteroatoms. The zero-order chi connectivity index (χ0) is 17.4. The molecular weight excluding hydrogens is 379 g/mol. The van der Waals surface area contributed by atoms with E-state index in [1.807, 2.05) is 0 Å². The van der Waals surface area contributed by atoms with Crippen LogP contribution in [0.1, 0.15) is 63.1 Å². The molecule has 0 amide bonds. The molecule has 0 fully saturated rings. The molecular formula is C24H26Zr. The molecule has 4 rings (SSSR count). The van der Waals surface area contributed by atoms with Crippen molar-refractivity contribution < 1.29 is 23.2 Å². The number of hydrogen-bond donors (Lipinski definition) is 0. The summed E-state index contributed by atoms with van der Waals surface area (Å²) in [6.07, 6.45) is 7.77. The van der Waals surface area contributed by atoms with Gasteiger partial charge in [-0.2, -0.15) is 0 Å². The third-order valence-corrected chi connectivity index (χ3v) is 9.82. The topological polar surface area (TPSA) is 0 Å². The van der Waals surface area contributed by atoms with Crippen LogP contribution in [-0.2, 0) is 23.2 Å². The molecule has 2 aliphatic rings. The molecule has 0 nitrogen and oxygen atoms in total. The van der Waals surface area contributed by atoms with Gasteiger partial charge in [-0.25, -0.2) is 0 Å². The average Bonchev–Trinajstić information content (AvgIpc) is 3.15. The van der Waals surface area contributed by atoms with Crippen molar-refractivity contribution in [1.29, 1.82) is 0 Å². The van der Waals surface area contributed by atoms with Gasteiger partial charge in [-0.05, 0) is 0 Å². The van der Waals surface area contributed by atoms with Crippen molar-refractivity contribution in [3.63, 3.8) is 0 Å². The molecule has 0 aliphatic heterocycles. The third-order valence-electron chi connectivity index (χ3n) is 5.70. The second-order valence-electron chi connectivity index (χ2n) is 7.46. The van der Waals surface area contributed by atoms with Gasteiger partial charge in [0.1, 0.15) is 0 Å². The average molecular weight is 406 g/mol. The predicted octanol–water partition coefficient (Wildman–Crippen LogP) is 6.80. The van der Waals surface area contributed by atoms with E-state index < -0.39 is 23.2 Å². The fraction of sp³-hybridized carbons (Fsp3) is 0.333. The standard InChI is InChI=1S/C14H17.C10H9.Zr/c1-3-6-11(2)13-10-9-12-7-4-5-8-14(12)13;1-8-6-7-9-4-2-3-5-10(8)9;/h4-5,7-11H,3,6H2,1-2H3;2-7H,1H3;. The fourth-order valence-electron chi connectivity index (χ4n) is 4.43. The number of allylic oxidation sites excluding steroid dienone is 4. The van der Waals surface area contributed by atoms with Gasteiger partial charge in [-0.1, -0.05) is 0 Å². The van der Waals surface area contributed by atoms with Crippen LogP contribution in [0.25, 0.3) is 11.1 Å². The fourth-order valence-corrected chi connectivity index (χ4v) is 9.03. The predicted molar refractivity (Wildman–Crippen MR) is 104 cm³/mol. The summed E-state index contributed by atoms with van der Waals surface area (Å²) in [6, 6.07) is 18.2. The van der Waals surface area contributed by atoms with E-state index in [1.54, 1.807) is 22.3 Å². The summed E-state index contributed by atoms with van der Waals surface area (Å²) in [7, 11) is 0. The molecule has 0 radical (unpaired) electrons. The molecule has 0 spiro atoms. The third kappa shape index (κ3) is 3.17. The normalized spacial score (nSPS) is 22.0. The van der Waals surface area contributed by atoms with E-state index in [-0.39, 0.29) is 0 Å². The van der Waals surface area contributed by atoms with Crippen LogP contribution in [0.3, 0.4) is 0 Å². The zero-order valence-corrected chi connectivity index (χ0v) is 17.9. The maximum absolute atomic E-state index is 2.65. The Morgan fingerprint density at radius 1 is 0.880 bits per heavy atom. The van der Waals surface area contributed by atoms with Crippen molar-refractivity contribution >= 4 is 11.1 Å².